The van der Waals surface area contributed by atoms with Crippen LogP contribution in [0.3, 0.4) is 0 Å². The topological polar surface area (TPSA) is 132 Å². The van der Waals surface area contributed by atoms with E-state index in [0.29, 0.717) is 53.5 Å². The van der Waals surface area contributed by atoms with Gasteiger partial charge in [-0.1, -0.05) is 35.0 Å². The molecule has 3 amide bonds. The minimum atomic E-state index is -0.704. The van der Waals surface area contributed by atoms with Crippen molar-refractivity contribution in [3.05, 3.63) is 94.6 Å². The number of halogens is 2. The number of fused-ring (bicyclic) bond motifs is 7. The summed E-state index contributed by atoms with van der Waals surface area (Å²) in [5, 5.41) is 9.63. The zero-order valence-corrected chi connectivity index (χ0v) is 26.2. The molecule has 6 bridgehead atoms. The molecule has 0 aliphatic carbocycles. The molecule has 4 aromatic rings. The maximum atomic E-state index is 15.2. The smallest absolute Gasteiger partial charge is 0.258 e. The molecule has 47 heavy (non-hydrogen) atoms. The summed E-state index contributed by atoms with van der Waals surface area (Å²) in [6.45, 7) is 0.482. The van der Waals surface area contributed by atoms with E-state index < -0.39 is 23.9 Å². The van der Waals surface area contributed by atoms with E-state index in [2.05, 4.69) is 15.8 Å². The molecule has 1 fully saturated rings. The molecule has 0 radical (unpaired) electrons. The number of hydrogen-bond donors (Lipinski definition) is 2. The Bertz CT molecular complexity index is 1800. The van der Waals surface area contributed by atoms with Gasteiger partial charge in [0.1, 0.15) is 34.9 Å². The van der Waals surface area contributed by atoms with Crippen LogP contribution in [0.5, 0.6) is 17.2 Å². The number of aromatic nitrogens is 1. The van der Waals surface area contributed by atoms with Gasteiger partial charge in [0.15, 0.2) is 11.8 Å². The summed E-state index contributed by atoms with van der Waals surface area (Å²) < 4.78 is 37.9. The van der Waals surface area contributed by atoms with Crippen LogP contribution < -0.4 is 24.8 Å². The molecule has 3 aliphatic rings. The van der Waals surface area contributed by atoms with Gasteiger partial charge in [-0.3, -0.25) is 14.4 Å². The number of aryl methyl sites for hydroxylation is 1. The standard InChI is InChI=1S/C34H32ClFN4O7/c1-44-30-15-24-7-5-22(30)17-37-32(41)19-45-23-4-2-3-20(13-23)21-6-9-27(36)26(14-21)34(43)38-28-18-40(12-11-29(28)46-24)33(42)10-8-25-16-31(35)39-47-25/h2-7,9,13-16,28-29H,8,10-12,17-19H2,1H3,(H,37,41)(H,38,43)/t28-,29+/m1/s1. The number of rotatable bonds is 4. The van der Waals surface area contributed by atoms with Crippen LogP contribution in [-0.4, -0.2) is 66.7 Å². The first-order valence-electron chi connectivity index (χ1n) is 15.1. The Morgan fingerprint density at radius 3 is 2.74 bits per heavy atom. The molecule has 1 aromatic heterocycles. The summed E-state index contributed by atoms with van der Waals surface area (Å²) in [6, 6.07) is 17.3. The van der Waals surface area contributed by atoms with Gasteiger partial charge in [0.2, 0.25) is 5.91 Å². The quantitative estimate of drug-likeness (QED) is 0.325. The number of piperidine rings is 1. The van der Waals surface area contributed by atoms with Crippen molar-refractivity contribution in [1.29, 1.82) is 0 Å². The molecule has 0 saturated carbocycles. The highest BCUT2D eigenvalue weighted by Gasteiger charge is 2.35. The second kappa shape index (κ2) is 14.1. The van der Waals surface area contributed by atoms with Gasteiger partial charge >= 0.3 is 0 Å². The van der Waals surface area contributed by atoms with Gasteiger partial charge in [0.25, 0.3) is 11.8 Å². The number of carbonyl (C=O) groups excluding carboxylic acids is 3. The number of amides is 3. The summed E-state index contributed by atoms with van der Waals surface area (Å²) in [6.07, 6.45) is 0.284. The van der Waals surface area contributed by atoms with Crippen LogP contribution in [0.15, 0.2) is 71.3 Å². The SMILES string of the molecule is COc1cc2ccc1CNC(=O)COc1cccc(c1)-c1ccc(F)c(c1)C(=O)N[C@@H]1CN(C(=O)CCc3cc(Cl)no3)CC[C@@H]1O2. The molecule has 13 heteroatoms. The second-order valence-electron chi connectivity index (χ2n) is 11.2. The van der Waals surface area contributed by atoms with Gasteiger partial charge in [0.05, 0.1) is 18.7 Å². The Balaban J connectivity index is 1.30. The average Bonchev–Trinajstić information content (AvgIpc) is 3.50. The maximum absolute atomic E-state index is 15.2. The average molecular weight is 663 g/mol. The van der Waals surface area contributed by atoms with Crippen molar-refractivity contribution in [2.75, 3.05) is 26.8 Å². The second-order valence-corrected chi connectivity index (χ2v) is 11.6. The van der Waals surface area contributed by atoms with Crippen molar-refractivity contribution in [2.45, 2.75) is 38.0 Å². The number of ether oxygens (including phenoxy) is 3. The molecule has 4 heterocycles. The fraction of sp³-hybridized carbons (Fsp3) is 0.294. The van der Waals surface area contributed by atoms with Crippen LogP contribution in [0.1, 0.15) is 34.5 Å². The van der Waals surface area contributed by atoms with Crippen molar-refractivity contribution in [1.82, 2.24) is 20.7 Å². The molecule has 3 aromatic carbocycles. The molecule has 0 spiro atoms. The molecule has 3 aliphatic heterocycles. The van der Waals surface area contributed by atoms with Gasteiger partial charge in [-0.15, -0.1) is 0 Å². The lowest BCUT2D eigenvalue weighted by Crippen LogP contribution is -2.58. The molecule has 1 saturated heterocycles. The number of hydrogen-bond acceptors (Lipinski definition) is 8. The Hall–Kier alpha value is -5.10. The number of benzene rings is 3. The van der Waals surface area contributed by atoms with E-state index >= 15 is 4.39 Å². The first-order chi connectivity index (χ1) is 22.7. The van der Waals surface area contributed by atoms with E-state index in [-0.39, 0.29) is 48.6 Å². The summed E-state index contributed by atoms with van der Waals surface area (Å²) in [7, 11) is 1.52. The molecule has 7 rings (SSSR count). The van der Waals surface area contributed by atoms with Gasteiger partial charge < -0.3 is 34.3 Å². The lowest BCUT2D eigenvalue weighted by molar-refractivity contribution is -0.133. The largest absolute Gasteiger partial charge is 0.496 e. The van der Waals surface area contributed by atoms with Crippen LogP contribution in [-0.2, 0) is 22.6 Å². The fourth-order valence-electron chi connectivity index (χ4n) is 5.63. The molecule has 0 unspecified atom stereocenters. The highest BCUT2D eigenvalue weighted by Crippen LogP contribution is 2.29. The summed E-state index contributed by atoms with van der Waals surface area (Å²) >= 11 is 5.83. The summed E-state index contributed by atoms with van der Waals surface area (Å²) in [5.41, 5.74) is 1.79. The Morgan fingerprint density at radius 1 is 1.09 bits per heavy atom. The molecule has 244 valence electrons. The van der Waals surface area contributed by atoms with Crippen molar-refractivity contribution >= 4 is 29.3 Å². The molecule has 2 atom stereocenters. The van der Waals surface area contributed by atoms with Crippen LogP contribution in [0.4, 0.5) is 4.39 Å². The number of methoxy groups -OCH3 is 1. The molecule has 11 nitrogen and oxygen atoms in total. The van der Waals surface area contributed by atoms with Crippen molar-refractivity contribution in [3.8, 4) is 28.4 Å². The molecule has 2 N–H and O–H groups in total. The number of carbonyl (C=O) groups is 3. The highest BCUT2D eigenvalue weighted by atomic mass is 35.5. The minimum absolute atomic E-state index is 0.133. The third-order valence-electron chi connectivity index (χ3n) is 8.10. The van der Waals surface area contributed by atoms with Crippen molar-refractivity contribution in [3.63, 3.8) is 0 Å². The molecular weight excluding hydrogens is 631 g/mol. The fourth-order valence-corrected chi connectivity index (χ4v) is 5.79. The Morgan fingerprint density at radius 2 is 1.94 bits per heavy atom. The van der Waals surface area contributed by atoms with Crippen molar-refractivity contribution < 1.29 is 37.5 Å². The van der Waals surface area contributed by atoms with Gasteiger partial charge in [0, 0.05) is 56.6 Å². The van der Waals surface area contributed by atoms with Crippen LogP contribution in [0.2, 0.25) is 5.15 Å². The first-order valence-corrected chi connectivity index (χ1v) is 15.5. The van der Waals surface area contributed by atoms with E-state index in [4.69, 9.17) is 30.3 Å². The van der Waals surface area contributed by atoms with E-state index in [9.17, 15) is 14.4 Å². The maximum Gasteiger partial charge on any atom is 0.258 e. The Labute approximate surface area is 274 Å². The monoisotopic (exact) mass is 662 g/mol. The summed E-state index contributed by atoms with van der Waals surface area (Å²) in [5.74, 6) is 0.0360. The first kappa shape index (κ1) is 31.9. The minimum Gasteiger partial charge on any atom is -0.496 e. The zero-order chi connectivity index (χ0) is 32.9. The predicted molar refractivity (Wildman–Crippen MR) is 169 cm³/mol. The van der Waals surface area contributed by atoms with Crippen LogP contribution >= 0.6 is 11.6 Å². The van der Waals surface area contributed by atoms with E-state index in [0.717, 1.165) is 5.56 Å². The number of likely N-dealkylation sites (tertiary alicyclic amines) is 1. The van der Waals surface area contributed by atoms with Gasteiger partial charge in [-0.2, -0.15) is 0 Å². The van der Waals surface area contributed by atoms with Gasteiger partial charge in [-0.05, 0) is 47.5 Å². The third-order valence-corrected chi connectivity index (χ3v) is 8.28. The highest BCUT2D eigenvalue weighted by molar-refractivity contribution is 6.29. The number of nitrogens with zero attached hydrogens (tertiary/aromatic N) is 2. The van der Waals surface area contributed by atoms with E-state index in [1.807, 2.05) is 0 Å². The lowest BCUT2D eigenvalue weighted by Gasteiger charge is -2.39. The van der Waals surface area contributed by atoms with Gasteiger partial charge in [-0.25, -0.2) is 4.39 Å². The zero-order valence-electron chi connectivity index (χ0n) is 25.5. The van der Waals surface area contributed by atoms with E-state index in [1.54, 1.807) is 59.5 Å². The summed E-state index contributed by atoms with van der Waals surface area (Å²) in [4.78, 5) is 41.1. The number of nitrogens with one attached hydrogen (secondary N) is 2. The normalized spacial score (nSPS) is 18.2. The van der Waals surface area contributed by atoms with E-state index in [1.165, 1.54) is 19.2 Å². The third kappa shape index (κ3) is 7.66. The Kier molecular flexibility index (Phi) is 9.58. The lowest BCUT2D eigenvalue weighted by atomic mass is 9.99. The van der Waals surface area contributed by atoms with Crippen LogP contribution in [0.25, 0.3) is 11.1 Å². The molecular formula is C34H32ClFN4O7. The predicted octanol–water partition coefficient (Wildman–Crippen LogP) is 4.56. The van der Waals surface area contributed by atoms with Crippen molar-refractivity contribution in [2.24, 2.45) is 0 Å². The van der Waals surface area contributed by atoms with Crippen LogP contribution in [0, 0.1) is 5.82 Å².